The predicted molar refractivity (Wildman–Crippen MR) is 84.9 cm³/mol. The van der Waals surface area contributed by atoms with E-state index in [0.717, 1.165) is 18.4 Å². The first-order valence-corrected chi connectivity index (χ1v) is 7.78. The van der Waals surface area contributed by atoms with E-state index in [-0.39, 0.29) is 6.54 Å². The molecule has 1 atom stereocenters. The van der Waals surface area contributed by atoms with Crippen LogP contribution in [0.3, 0.4) is 0 Å². The molecule has 0 spiro atoms. The molecule has 1 aromatic heterocycles. The molecule has 0 bridgehead atoms. The van der Waals surface area contributed by atoms with Crippen molar-refractivity contribution in [1.82, 2.24) is 9.55 Å². The maximum atomic E-state index is 11.2. The van der Waals surface area contributed by atoms with Crippen molar-refractivity contribution in [2.24, 2.45) is 0 Å². The van der Waals surface area contributed by atoms with E-state index in [1.165, 1.54) is 0 Å². The monoisotopic (exact) mass is 335 g/mol. The van der Waals surface area contributed by atoms with Crippen molar-refractivity contribution in [3.05, 3.63) is 53.1 Å². The Kier molecular flexibility index (Phi) is 3.90. The topological polar surface area (TPSA) is 61.8 Å². The molecule has 0 aliphatic heterocycles. The Morgan fingerprint density at radius 1 is 1.41 bits per heavy atom. The van der Waals surface area contributed by atoms with Crippen LogP contribution in [0.2, 0.25) is 5.02 Å². The number of imidazole rings is 1. The van der Waals surface area contributed by atoms with E-state index in [9.17, 15) is 5.11 Å². The first-order valence-electron chi connectivity index (χ1n) is 7.02. The molecule has 1 aromatic carbocycles. The fourth-order valence-electron chi connectivity index (χ4n) is 2.69. The second-order valence-corrected chi connectivity index (χ2v) is 6.94. The van der Waals surface area contributed by atoms with Crippen LogP contribution in [0.15, 0.2) is 36.8 Å². The summed E-state index contributed by atoms with van der Waals surface area (Å²) < 4.78 is 1.71. The number of nitrogens with zero attached hydrogens (tertiary/aromatic N) is 3. The van der Waals surface area contributed by atoms with Crippen molar-refractivity contribution in [3.63, 3.8) is 0 Å². The van der Waals surface area contributed by atoms with Gasteiger partial charge in [0, 0.05) is 17.6 Å². The summed E-state index contributed by atoms with van der Waals surface area (Å²) in [6.45, 7) is 0.274. The number of rotatable bonds is 5. The molecular formula is C16H15Cl2N3O. The van der Waals surface area contributed by atoms with Gasteiger partial charge >= 0.3 is 0 Å². The van der Waals surface area contributed by atoms with Crippen LogP contribution in [0, 0.1) is 11.3 Å². The lowest BCUT2D eigenvalue weighted by atomic mass is 9.89. The van der Waals surface area contributed by atoms with E-state index >= 15 is 0 Å². The molecule has 6 heteroatoms. The van der Waals surface area contributed by atoms with Gasteiger partial charge in [0.25, 0.3) is 0 Å². The van der Waals surface area contributed by atoms with E-state index in [1.54, 1.807) is 23.2 Å². The summed E-state index contributed by atoms with van der Waals surface area (Å²) in [5.41, 5.74) is 0.0335. The molecule has 1 aliphatic carbocycles. The largest absolute Gasteiger partial charge is 0.386 e. The van der Waals surface area contributed by atoms with Gasteiger partial charge in [0.15, 0.2) is 5.69 Å². The van der Waals surface area contributed by atoms with Crippen molar-refractivity contribution in [3.8, 4) is 6.07 Å². The van der Waals surface area contributed by atoms with Crippen LogP contribution in [0.4, 0.5) is 0 Å². The molecule has 22 heavy (non-hydrogen) atoms. The van der Waals surface area contributed by atoms with E-state index < -0.39 is 10.5 Å². The van der Waals surface area contributed by atoms with Crippen molar-refractivity contribution in [2.45, 2.75) is 36.3 Å². The molecular weight excluding hydrogens is 321 g/mol. The zero-order chi connectivity index (χ0) is 15.8. The van der Waals surface area contributed by atoms with Gasteiger partial charge in [-0.25, -0.2) is 4.98 Å². The van der Waals surface area contributed by atoms with E-state index in [1.807, 2.05) is 24.3 Å². The van der Waals surface area contributed by atoms with Crippen LogP contribution < -0.4 is 0 Å². The fraction of sp³-hybridized carbons (Fsp3) is 0.375. The average molecular weight is 336 g/mol. The highest BCUT2D eigenvalue weighted by atomic mass is 35.5. The van der Waals surface area contributed by atoms with Gasteiger partial charge in [-0.05, 0) is 24.5 Å². The Labute approximate surface area is 138 Å². The van der Waals surface area contributed by atoms with Crippen molar-refractivity contribution >= 4 is 23.2 Å². The molecule has 1 fully saturated rings. The zero-order valence-electron chi connectivity index (χ0n) is 11.8. The van der Waals surface area contributed by atoms with E-state index in [4.69, 9.17) is 28.5 Å². The van der Waals surface area contributed by atoms with Crippen LogP contribution in [-0.2, 0) is 13.0 Å². The number of hydrogen-bond acceptors (Lipinski definition) is 3. The minimum Gasteiger partial charge on any atom is -0.386 e. The minimum atomic E-state index is -1.15. The van der Waals surface area contributed by atoms with Crippen LogP contribution in [0.5, 0.6) is 0 Å². The Bertz CT molecular complexity index is 733. The Balaban J connectivity index is 1.89. The molecule has 4 nitrogen and oxygen atoms in total. The van der Waals surface area contributed by atoms with Gasteiger partial charge in [0.05, 0.1) is 17.7 Å². The van der Waals surface area contributed by atoms with Gasteiger partial charge in [-0.2, -0.15) is 5.26 Å². The van der Waals surface area contributed by atoms with Crippen LogP contribution in [0.1, 0.15) is 24.1 Å². The highest BCUT2D eigenvalue weighted by Gasteiger charge is 2.57. The lowest BCUT2D eigenvalue weighted by Gasteiger charge is -2.33. The smallest absolute Gasteiger partial charge is 0.158 e. The van der Waals surface area contributed by atoms with Gasteiger partial charge < -0.3 is 9.67 Å². The molecule has 0 saturated heterocycles. The number of benzene rings is 1. The third kappa shape index (κ3) is 2.85. The summed E-state index contributed by atoms with van der Waals surface area (Å²) in [6, 6.07) is 9.42. The van der Waals surface area contributed by atoms with Gasteiger partial charge in [0.1, 0.15) is 11.7 Å². The number of hydrogen-bond donors (Lipinski definition) is 1. The van der Waals surface area contributed by atoms with Crippen LogP contribution in [0.25, 0.3) is 0 Å². The van der Waals surface area contributed by atoms with Crippen molar-refractivity contribution in [1.29, 1.82) is 5.26 Å². The fourth-order valence-corrected chi connectivity index (χ4v) is 3.12. The number of alkyl halides is 1. The molecule has 1 heterocycles. The number of nitriles is 1. The number of halogens is 2. The van der Waals surface area contributed by atoms with Gasteiger partial charge in [0.2, 0.25) is 0 Å². The molecule has 0 radical (unpaired) electrons. The summed E-state index contributed by atoms with van der Waals surface area (Å²) >= 11 is 12.8. The maximum absolute atomic E-state index is 11.2. The van der Waals surface area contributed by atoms with Crippen molar-refractivity contribution < 1.29 is 5.11 Å². The summed E-state index contributed by atoms with van der Waals surface area (Å²) in [7, 11) is 0. The van der Waals surface area contributed by atoms with Gasteiger partial charge in [-0.15, -0.1) is 11.6 Å². The maximum Gasteiger partial charge on any atom is 0.158 e. The molecule has 114 valence electrons. The molecule has 2 aromatic rings. The Morgan fingerprint density at radius 3 is 2.73 bits per heavy atom. The second kappa shape index (κ2) is 5.58. The van der Waals surface area contributed by atoms with Crippen molar-refractivity contribution in [2.75, 3.05) is 0 Å². The Hall–Kier alpha value is -1.54. The molecule has 1 saturated carbocycles. The zero-order valence-corrected chi connectivity index (χ0v) is 13.3. The molecule has 1 aliphatic rings. The van der Waals surface area contributed by atoms with Gasteiger partial charge in [-0.3, -0.25) is 0 Å². The molecule has 1 N–H and O–H groups in total. The summed E-state index contributed by atoms with van der Waals surface area (Å²) in [5.74, 6) is 0. The van der Waals surface area contributed by atoms with Crippen LogP contribution >= 0.6 is 23.2 Å². The normalized spacial score (nSPS) is 18.5. The van der Waals surface area contributed by atoms with Gasteiger partial charge in [-0.1, -0.05) is 29.8 Å². The first kappa shape index (κ1) is 15.4. The van der Waals surface area contributed by atoms with E-state index in [2.05, 4.69) is 4.98 Å². The minimum absolute atomic E-state index is 0.274. The quantitative estimate of drug-likeness (QED) is 0.853. The lowest BCUT2D eigenvalue weighted by molar-refractivity contribution is 0.0109. The SMILES string of the molecule is N#Cc1cn(CC(O)(Cc2ccccc2Cl)C2(Cl)CC2)cn1. The molecule has 1 unspecified atom stereocenters. The second-order valence-electron chi connectivity index (χ2n) is 5.81. The summed E-state index contributed by atoms with van der Waals surface area (Å²) in [6.07, 6.45) is 5.03. The van der Waals surface area contributed by atoms with E-state index in [0.29, 0.717) is 17.1 Å². The summed E-state index contributed by atoms with van der Waals surface area (Å²) in [4.78, 5) is 3.32. The third-order valence-corrected chi connectivity index (χ3v) is 5.25. The highest BCUT2D eigenvalue weighted by Crippen LogP contribution is 2.53. The standard InChI is InChI=1S/C16H15Cl2N3O/c17-14-4-2-1-3-12(14)7-16(22,15(18)5-6-15)10-21-9-13(8-19)20-11-21/h1-4,9,11,22H,5-7,10H2. The lowest BCUT2D eigenvalue weighted by Crippen LogP contribution is -2.47. The average Bonchev–Trinajstić information content (AvgIpc) is 3.10. The predicted octanol–water partition coefficient (Wildman–Crippen LogP) is 3.15. The molecule has 0 amide bonds. The Morgan fingerprint density at radius 2 is 2.14 bits per heavy atom. The first-order chi connectivity index (χ1) is 10.5. The number of aliphatic hydroxyl groups is 1. The summed E-state index contributed by atoms with van der Waals surface area (Å²) in [5, 5.41) is 20.7. The number of aromatic nitrogens is 2. The highest BCUT2D eigenvalue weighted by molar-refractivity contribution is 6.31. The van der Waals surface area contributed by atoms with Crippen LogP contribution in [-0.4, -0.2) is 25.1 Å². The molecule has 3 rings (SSSR count). The third-order valence-electron chi connectivity index (χ3n) is 4.16.